The van der Waals surface area contributed by atoms with Gasteiger partial charge in [0.1, 0.15) is 0 Å². The van der Waals surface area contributed by atoms with Crippen molar-refractivity contribution in [2.45, 2.75) is 46.2 Å². The molecule has 2 aromatic heterocycles. The molecule has 0 spiro atoms. The van der Waals surface area contributed by atoms with Crippen LogP contribution in [-0.2, 0) is 11.3 Å². The van der Waals surface area contributed by atoms with Gasteiger partial charge in [0.2, 0.25) is 5.91 Å². The molecule has 4 rings (SSSR count). The monoisotopic (exact) mass is 364 g/mol. The minimum absolute atomic E-state index is 0.0249. The molecular formula is C22H24N2OS. The Hall–Kier alpha value is -2.20. The summed E-state index contributed by atoms with van der Waals surface area (Å²) < 4.78 is 0. The molecular weight excluding hydrogens is 340 g/mol. The van der Waals surface area contributed by atoms with Gasteiger partial charge in [-0.2, -0.15) is 0 Å². The summed E-state index contributed by atoms with van der Waals surface area (Å²) in [5.74, 6) is 0.269. The van der Waals surface area contributed by atoms with Gasteiger partial charge in [-0.05, 0) is 54.5 Å². The first kappa shape index (κ1) is 17.2. The van der Waals surface area contributed by atoms with Crippen molar-refractivity contribution in [2.75, 3.05) is 0 Å². The fourth-order valence-electron chi connectivity index (χ4n) is 3.36. The average Bonchev–Trinajstić information content (AvgIpc) is 3.31. The maximum atomic E-state index is 12.7. The molecule has 26 heavy (non-hydrogen) atoms. The first-order valence-corrected chi connectivity index (χ1v) is 10.2. The van der Waals surface area contributed by atoms with Gasteiger partial charge in [0, 0.05) is 23.9 Å². The molecule has 1 aliphatic carbocycles. The summed E-state index contributed by atoms with van der Waals surface area (Å²) in [7, 11) is 0. The SMILES string of the molecule is Cc1ccc2cc(CN(C(=O)C(C)C)C3CC3)c(-c3cccs3)nc2c1. The first-order chi connectivity index (χ1) is 12.5. The highest BCUT2D eigenvalue weighted by atomic mass is 32.1. The number of fused-ring (bicyclic) bond motifs is 1. The van der Waals surface area contributed by atoms with E-state index < -0.39 is 0 Å². The van der Waals surface area contributed by atoms with Crippen LogP contribution in [-0.4, -0.2) is 21.8 Å². The van der Waals surface area contributed by atoms with Gasteiger partial charge in [-0.1, -0.05) is 32.0 Å². The summed E-state index contributed by atoms with van der Waals surface area (Å²) in [6.45, 7) is 6.71. The van der Waals surface area contributed by atoms with Crippen molar-refractivity contribution in [3.63, 3.8) is 0 Å². The van der Waals surface area contributed by atoms with Crippen LogP contribution < -0.4 is 0 Å². The largest absolute Gasteiger partial charge is 0.335 e. The molecule has 0 radical (unpaired) electrons. The van der Waals surface area contributed by atoms with Gasteiger partial charge in [0.05, 0.1) is 16.1 Å². The zero-order valence-corrected chi connectivity index (χ0v) is 16.3. The molecule has 2 heterocycles. The lowest BCUT2D eigenvalue weighted by atomic mass is 10.0. The van der Waals surface area contributed by atoms with Gasteiger partial charge in [0.15, 0.2) is 0 Å². The molecule has 134 valence electrons. The van der Waals surface area contributed by atoms with E-state index in [1.165, 1.54) is 5.56 Å². The molecule has 0 atom stereocenters. The summed E-state index contributed by atoms with van der Waals surface area (Å²) in [5, 5.41) is 3.22. The number of aromatic nitrogens is 1. The Kier molecular flexibility index (Phi) is 4.53. The van der Waals surface area contributed by atoms with E-state index in [4.69, 9.17) is 4.98 Å². The van der Waals surface area contributed by atoms with Crippen LogP contribution >= 0.6 is 11.3 Å². The van der Waals surface area contributed by atoms with Crippen molar-refractivity contribution < 1.29 is 4.79 Å². The van der Waals surface area contributed by atoms with Crippen LogP contribution in [0.15, 0.2) is 41.8 Å². The van der Waals surface area contributed by atoms with Crippen LogP contribution in [0.5, 0.6) is 0 Å². The number of amides is 1. The topological polar surface area (TPSA) is 33.2 Å². The summed E-state index contributed by atoms with van der Waals surface area (Å²) in [6, 6.07) is 13.2. The van der Waals surface area contributed by atoms with E-state index in [0.717, 1.165) is 39.9 Å². The number of carbonyl (C=O) groups excluding carboxylic acids is 1. The maximum Gasteiger partial charge on any atom is 0.225 e. The third-order valence-electron chi connectivity index (χ3n) is 4.91. The van der Waals surface area contributed by atoms with E-state index in [0.29, 0.717) is 12.6 Å². The molecule has 0 unspecified atom stereocenters. The van der Waals surface area contributed by atoms with Crippen LogP contribution in [0.1, 0.15) is 37.8 Å². The molecule has 0 N–H and O–H groups in total. The number of pyridine rings is 1. The summed E-state index contributed by atoms with van der Waals surface area (Å²) in [4.78, 5) is 21.0. The highest BCUT2D eigenvalue weighted by Crippen LogP contribution is 2.34. The molecule has 4 heteroatoms. The Labute approximate surface area is 158 Å². The van der Waals surface area contributed by atoms with Gasteiger partial charge < -0.3 is 4.90 Å². The fourth-order valence-corrected chi connectivity index (χ4v) is 4.11. The Morgan fingerprint density at radius 2 is 2.08 bits per heavy atom. The smallest absolute Gasteiger partial charge is 0.225 e. The van der Waals surface area contributed by atoms with E-state index in [-0.39, 0.29) is 11.8 Å². The predicted molar refractivity (Wildman–Crippen MR) is 108 cm³/mol. The Balaban J connectivity index is 1.80. The minimum Gasteiger partial charge on any atom is -0.335 e. The van der Waals surface area contributed by atoms with Crippen LogP contribution in [0.3, 0.4) is 0 Å². The second-order valence-corrected chi connectivity index (χ2v) is 8.47. The van der Waals surface area contributed by atoms with Crippen LogP contribution in [0.25, 0.3) is 21.5 Å². The number of hydrogen-bond acceptors (Lipinski definition) is 3. The van der Waals surface area contributed by atoms with E-state index in [1.807, 2.05) is 13.8 Å². The molecule has 1 aromatic carbocycles. The van der Waals surface area contributed by atoms with Crippen molar-refractivity contribution in [3.05, 3.63) is 52.9 Å². The molecule has 3 aromatic rings. The van der Waals surface area contributed by atoms with Crippen LogP contribution in [0.2, 0.25) is 0 Å². The number of carbonyl (C=O) groups is 1. The van der Waals surface area contributed by atoms with Crippen molar-refractivity contribution >= 4 is 28.1 Å². The average molecular weight is 365 g/mol. The molecule has 1 aliphatic rings. The number of hydrogen-bond donors (Lipinski definition) is 0. The van der Waals surface area contributed by atoms with Gasteiger partial charge in [-0.3, -0.25) is 4.79 Å². The van der Waals surface area contributed by atoms with Crippen molar-refractivity contribution in [3.8, 4) is 10.6 Å². The first-order valence-electron chi connectivity index (χ1n) is 9.27. The lowest BCUT2D eigenvalue weighted by molar-refractivity contribution is -0.135. The Bertz CT molecular complexity index is 942. The number of benzene rings is 1. The molecule has 0 saturated heterocycles. The molecule has 1 fully saturated rings. The molecule has 1 amide bonds. The maximum absolute atomic E-state index is 12.7. The number of rotatable bonds is 5. The van der Waals surface area contributed by atoms with Gasteiger partial charge >= 0.3 is 0 Å². The molecule has 1 saturated carbocycles. The highest BCUT2D eigenvalue weighted by molar-refractivity contribution is 7.13. The fraction of sp³-hybridized carbons (Fsp3) is 0.364. The van der Waals surface area contributed by atoms with Crippen molar-refractivity contribution in [1.82, 2.24) is 9.88 Å². The predicted octanol–water partition coefficient (Wildman–Crippen LogP) is 5.42. The van der Waals surface area contributed by atoms with E-state index in [2.05, 4.69) is 53.6 Å². The molecule has 0 aliphatic heterocycles. The lowest BCUT2D eigenvalue weighted by Crippen LogP contribution is -2.35. The quantitative estimate of drug-likeness (QED) is 0.606. The minimum atomic E-state index is 0.0249. The zero-order chi connectivity index (χ0) is 18.3. The van der Waals surface area contributed by atoms with Crippen LogP contribution in [0, 0.1) is 12.8 Å². The lowest BCUT2D eigenvalue weighted by Gasteiger charge is -2.25. The second-order valence-electron chi connectivity index (χ2n) is 7.52. The van der Waals surface area contributed by atoms with E-state index in [9.17, 15) is 4.79 Å². The van der Waals surface area contributed by atoms with Gasteiger partial charge in [0.25, 0.3) is 0 Å². The summed E-state index contributed by atoms with van der Waals surface area (Å²) in [6.07, 6.45) is 2.24. The Morgan fingerprint density at radius 3 is 2.73 bits per heavy atom. The number of thiophene rings is 1. The second kappa shape index (κ2) is 6.84. The number of nitrogens with zero attached hydrogens (tertiary/aromatic N) is 2. The number of aryl methyl sites for hydroxylation is 1. The zero-order valence-electron chi connectivity index (χ0n) is 15.5. The summed E-state index contributed by atoms with van der Waals surface area (Å²) >= 11 is 1.70. The molecule has 0 bridgehead atoms. The van der Waals surface area contributed by atoms with E-state index >= 15 is 0 Å². The van der Waals surface area contributed by atoms with E-state index in [1.54, 1.807) is 11.3 Å². The Morgan fingerprint density at radius 1 is 1.27 bits per heavy atom. The van der Waals surface area contributed by atoms with Crippen molar-refractivity contribution in [1.29, 1.82) is 0 Å². The van der Waals surface area contributed by atoms with Gasteiger partial charge in [-0.25, -0.2) is 4.98 Å². The third-order valence-corrected chi connectivity index (χ3v) is 5.79. The van der Waals surface area contributed by atoms with Crippen LogP contribution in [0.4, 0.5) is 0 Å². The molecule has 3 nitrogen and oxygen atoms in total. The highest BCUT2D eigenvalue weighted by Gasteiger charge is 2.34. The standard InChI is InChI=1S/C22H24N2OS/c1-14(2)22(25)24(18-8-9-18)13-17-12-16-7-6-15(3)11-19(16)23-21(17)20-5-4-10-26-20/h4-7,10-12,14,18H,8-9,13H2,1-3H3. The summed E-state index contributed by atoms with van der Waals surface area (Å²) in [5.41, 5.74) is 4.39. The van der Waals surface area contributed by atoms with Crippen molar-refractivity contribution in [2.24, 2.45) is 5.92 Å². The normalized spacial score (nSPS) is 14.2. The van der Waals surface area contributed by atoms with Gasteiger partial charge in [-0.15, -0.1) is 11.3 Å². The third kappa shape index (κ3) is 3.38.